The van der Waals surface area contributed by atoms with E-state index in [1.165, 1.54) is 18.3 Å². The molecule has 1 heterocycles. The molecule has 0 unspecified atom stereocenters. The molecule has 8 heteroatoms. The second kappa shape index (κ2) is 5.79. The molecule has 0 fully saturated rings. The minimum atomic E-state index is -4.88. The molecule has 0 aliphatic heterocycles. The topological polar surface area (TPSA) is 12.9 Å². The summed E-state index contributed by atoms with van der Waals surface area (Å²) in [7, 11) is 0. The van der Waals surface area contributed by atoms with Gasteiger partial charge in [-0.2, -0.15) is 26.3 Å². The molecule has 0 aliphatic carbocycles. The normalized spacial score (nSPS) is 12.5. The molecule has 1 aromatic heterocycles. The summed E-state index contributed by atoms with van der Waals surface area (Å²) in [6.07, 6.45) is -8.63. The largest absolute Gasteiger partial charge is 0.416 e. The van der Waals surface area contributed by atoms with Gasteiger partial charge in [-0.1, -0.05) is 23.7 Å². The highest BCUT2D eigenvalue weighted by atomic mass is 35.5. The Morgan fingerprint density at radius 1 is 0.909 bits per heavy atom. The van der Waals surface area contributed by atoms with E-state index in [2.05, 4.69) is 4.98 Å². The number of aromatic nitrogens is 1. The van der Waals surface area contributed by atoms with Crippen molar-refractivity contribution in [1.82, 2.24) is 4.98 Å². The summed E-state index contributed by atoms with van der Waals surface area (Å²) in [4.78, 5) is 3.73. The van der Waals surface area contributed by atoms with Crippen LogP contribution in [0.25, 0.3) is 0 Å². The second-order valence-electron chi connectivity index (χ2n) is 4.53. The van der Waals surface area contributed by atoms with Gasteiger partial charge in [0.05, 0.1) is 11.1 Å². The van der Waals surface area contributed by atoms with Crippen LogP contribution in [0.1, 0.15) is 22.3 Å². The van der Waals surface area contributed by atoms with Gasteiger partial charge in [-0.05, 0) is 35.7 Å². The Hall–Kier alpha value is -1.76. The SMILES string of the molecule is FC(F)(F)c1ccc(Cc2ccc(Cl)nc2)c(C(F)(F)F)c1. The summed E-state index contributed by atoms with van der Waals surface area (Å²) in [6, 6.07) is 4.45. The Kier molecular flexibility index (Phi) is 4.37. The summed E-state index contributed by atoms with van der Waals surface area (Å²) < 4.78 is 76.6. The molecule has 0 saturated heterocycles. The van der Waals surface area contributed by atoms with Crippen LogP contribution in [0, 0.1) is 0 Å². The minimum Gasteiger partial charge on any atom is -0.244 e. The lowest BCUT2D eigenvalue weighted by molar-refractivity contribution is -0.143. The third-order valence-electron chi connectivity index (χ3n) is 2.93. The van der Waals surface area contributed by atoms with Crippen LogP contribution in [0.3, 0.4) is 0 Å². The lowest BCUT2D eigenvalue weighted by atomic mass is 9.98. The first-order valence-electron chi connectivity index (χ1n) is 5.95. The number of halogens is 7. The van der Waals surface area contributed by atoms with E-state index in [0.29, 0.717) is 11.6 Å². The fourth-order valence-electron chi connectivity index (χ4n) is 1.90. The van der Waals surface area contributed by atoms with Crippen molar-refractivity contribution in [2.45, 2.75) is 18.8 Å². The number of rotatable bonds is 2. The standard InChI is InChI=1S/C14H8ClF6N/c15-12-4-1-8(7-22-12)5-9-2-3-10(13(16,17)18)6-11(9)14(19,20)21/h1-4,6-7H,5H2. The summed E-state index contributed by atoms with van der Waals surface area (Å²) in [5.41, 5.74) is -2.49. The lowest BCUT2D eigenvalue weighted by Crippen LogP contribution is -2.13. The number of nitrogens with zero attached hydrogens (tertiary/aromatic N) is 1. The van der Waals surface area contributed by atoms with E-state index in [-0.39, 0.29) is 23.2 Å². The first-order valence-corrected chi connectivity index (χ1v) is 6.33. The van der Waals surface area contributed by atoms with E-state index < -0.39 is 23.5 Å². The van der Waals surface area contributed by atoms with E-state index in [1.54, 1.807) is 0 Å². The number of alkyl halides is 6. The molecule has 0 atom stereocenters. The summed E-state index contributed by atoms with van der Waals surface area (Å²) in [6.45, 7) is 0. The monoisotopic (exact) mass is 339 g/mol. The van der Waals surface area contributed by atoms with Crippen LogP contribution in [0.4, 0.5) is 26.3 Å². The van der Waals surface area contributed by atoms with Crippen molar-refractivity contribution in [3.63, 3.8) is 0 Å². The van der Waals surface area contributed by atoms with Gasteiger partial charge in [0.1, 0.15) is 5.15 Å². The van der Waals surface area contributed by atoms with Crippen LogP contribution in [-0.4, -0.2) is 4.98 Å². The first kappa shape index (κ1) is 16.6. The predicted octanol–water partition coefficient (Wildman–Crippen LogP) is 5.36. The molecule has 0 bridgehead atoms. The van der Waals surface area contributed by atoms with Crippen LogP contribution in [-0.2, 0) is 18.8 Å². The Balaban J connectivity index is 2.44. The zero-order valence-electron chi connectivity index (χ0n) is 10.8. The zero-order chi connectivity index (χ0) is 16.5. The molecule has 1 aromatic carbocycles. The Morgan fingerprint density at radius 2 is 1.59 bits per heavy atom. The van der Waals surface area contributed by atoms with E-state index in [1.807, 2.05) is 0 Å². The van der Waals surface area contributed by atoms with Crippen LogP contribution >= 0.6 is 11.6 Å². The number of pyridine rings is 1. The van der Waals surface area contributed by atoms with Gasteiger partial charge < -0.3 is 0 Å². The van der Waals surface area contributed by atoms with Gasteiger partial charge in [0.25, 0.3) is 0 Å². The van der Waals surface area contributed by atoms with Gasteiger partial charge in [0.15, 0.2) is 0 Å². The van der Waals surface area contributed by atoms with E-state index in [9.17, 15) is 26.3 Å². The van der Waals surface area contributed by atoms with Crippen LogP contribution in [0.15, 0.2) is 36.5 Å². The highest BCUT2D eigenvalue weighted by Gasteiger charge is 2.37. The van der Waals surface area contributed by atoms with Crippen molar-refractivity contribution in [3.05, 3.63) is 63.9 Å². The van der Waals surface area contributed by atoms with Crippen molar-refractivity contribution in [3.8, 4) is 0 Å². The van der Waals surface area contributed by atoms with Gasteiger partial charge in [-0.25, -0.2) is 4.98 Å². The van der Waals surface area contributed by atoms with Crippen molar-refractivity contribution < 1.29 is 26.3 Å². The lowest BCUT2D eigenvalue weighted by Gasteiger charge is -2.16. The molecule has 0 spiro atoms. The van der Waals surface area contributed by atoms with Gasteiger partial charge in [0, 0.05) is 6.20 Å². The number of hydrogen-bond acceptors (Lipinski definition) is 1. The fraction of sp³-hybridized carbons (Fsp3) is 0.214. The quantitative estimate of drug-likeness (QED) is 0.530. The Morgan fingerprint density at radius 3 is 2.09 bits per heavy atom. The maximum atomic E-state index is 13.0. The van der Waals surface area contributed by atoms with Gasteiger partial charge in [-0.15, -0.1) is 0 Å². The molecule has 0 N–H and O–H groups in total. The Labute approximate surface area is 126 Å². The molecule has 0 radical (unpaired) electrons. The first-order chi connectivity index (χ1) is 10.1. The molecule has 0 saturated carbocycles. The second-order valence-corrected chi connectivity index (χ2v) is 4.92. The Bertz CT molecular complexity index is 661. The highest BCUT2D eigenvalue weighted by Crippen LogP contribution is 2.37. The average Bonchev–Trinajstić information content (AvgIpc) is 2.39. The average molecular weight is 340 g/mol. The molecule has 2 rings (SSSR count). The molecule has 118 valence electrons. The third-order valence-corrected chi connectivity index (χ3v) is 3.15. The van der Waals surface area contributed by atoms with Crippen LogP contribution in [0.2, 0.25) is 5.15 Å². The number of hydrogen-bond donors (Lipinski definition) is 0. The molecule has 22 heavy (non-hydrogen) atoms. The van der Waals surface area contributed by atoms with Crippen molar-refractivity contribution >= 4 is 11.6 Å². The number of benzene rings is 1. The van der Waals surface area contributed by atoms with Crippen molar-refractivity contribution in [1.29, 1.82) is 0 Å². The summed E-state index contributed by atoms with van der Waals surface area (Å²) in [5.74, 6) is 0. The molecular formula is C14H8ClF6N. The van der Waals surface area contributed by atoms with Gasteiger partial charge >= 0.3 is 12.4 Å². The summed E-state index contributed by atoms with van der Waals surface area (Å²) in [5, 5.41) is 0.173. The molecule has 0 amide bonds. The maximum Gasteiger partial charge on any atom is 0.416 e. The van der Waals surface area contributed by atoms with E-state index in [4.69, 9.17) is 11.6 Å². The van der Waals surface area contributed by atoms with Gasteiger partial charge in [-0.3, -0.25) is 0 Å². The molecule has 0 aliphatic rings. The highest BCUT2D eigenvalue weighted by molar-refractivity contribution is 6.29. The fourth-order valence-corrected chi connectivity index (χ4v) is 2.01. The molecule has 1 nitrogen and oxygen atoms in total. The van der Waals surface area contributed by atoms with Crippen molar-refractivity contribution in [2.75, 3.05) is 0 Å². The minimum absolute atomic E-state index is 0.124. The van der Waals surface area contributed by atoms with Crippen LogP contribution < -0.4 is 0 Å². The van der Waals surface area contributed by atoms with Gasteiger partial charge in [0.2, 0.25) is 0 Å². The van der Waals surface area contributed by atoms with E-state index in [0.717, 1.165) is 6.07 Å². The zero-order valence-corrected chi connectivity index (χ0v) is 11.5. The van der Waals surface area contributed by atoms with Crippen molar-refractivity contribution in [2.24, 2.45) is 0 Å². The summed E-state index contributed by atoms with van der Waals surface area (Å²) >= 11 is 5.57. The van der Waals surface area contributed by atoms with Crippen LogP contribution in [0.5, 0.6) is 0 Å². The third kappa shape index (κ3) is 3.91. The maximum absolute atomic E-state index is 13.0. The predicted molar refractivity (Wildman–Crippen MR) is 68.5 cm³/mol. The smallest absolute Gasteiger partial charge is 0.244 e. The molecule has 2 aromatic rings. The molecular weight excluding hydrogens is 332 g/mol. The van der Waals surface area contributed by atoms with E-state index >= 15 is 0 Å².